The third-order valence-electron chi connectivity index (χ3n) is 3.39. The Labute approximate surface area is 152 Å². The van der Waals surface area contributed by atoms with Crippen LogP contribution in [0.15, 0.2) is 4.40 Å². The van der Waals surface area contributed by atoms with Crippen LogP contribution in [0.3, 0.4) is 0 Å². The van der Waals surface area contributed by atoms with Crippen molar-refractivity contribution in [2.24, 2.45) is 4.40 Å². The zero-order valence-corrected chi connectivity index (χ0v) is 15.9. The lowest BCUT2D eigenvalue weighted by Gasteiger charge is -2.39. The largest absolute Gasteiger partial charge is 0.394 e. The molecule has 0 aromatic heterocycles. The van der Waals surface area contributed by atoms with Crippen molar-refractivity contribution in [1.82, 2.24) is 0 Å². The monoisotopic (exact) mass is 421 g/mol. The van der Waals surface area contributed by atoms with Crippen LogP contribution in [0.2, 0.25) is 0 Å². The van der Waals surface area contributed by atoms with Crippen LogP contribution in [0.4, 0.5) is 0 Å². The first-order chi connectivity index (χ1) is 11.5. The Morgan fingerprint density at radius 1 is 1.20 bits per heavy atom. The number of hydrogen-bond donors (Lipinski definition) is 5. The van der Waals surface area contributed by atoms with Gasteiger partial charge in [0.05, 0.1) is 11.7 Å². The molecule has 1 saturated heterocycles. The number of aliphatic hydroxyl groups is 4. The van der Waals surface area contributed by atoms with Crippen LogP contribution in [0, 0.1) is 0 Å². The van der Waals surface area contributed by atoms with Gasteiger partial charge in [-0.1, -0.05) is 11.8 Å². The fourth-order valence-corrected chi connectivity index (χ4v) is 4.58. The highest BCUT2D eigenvalue weighted by Gasteiger charge is 2.44. The van der Waals surface area contributed by atoms with Crippen molar-refractivity contribution in [3.8, 4) is 0 Å². The predicted octanol–water partition coefficient (Wildman–Crippen LogP) is -1.73. The smallest absolute Gasteiger partial charge is 0.379 e. The average molecular weight is 422 g/mol. The second-order valence-corrected chi connectivity index (χ2v) is 9.29. The standard InChI is InChI=1S/C12H23NO9S3/c1-24(18)5-3-2-4-8(13-25(19,20)21)23-12-11(17)10(16)9(15)7(6-14)22-12/h7,9-12,14-17H,2-6H2,1H3,(H,19,20,21). The van der Waals surface area contributed by atoms with Gasteiger partial charge < -0.3 is 25.2 Å². The molecule has 148 valence electrons. The molecule has 0 saturated carbocycles. The van der Waals surface area contributed by atoms with Gasteiger partial charge in [0.1, 0.15) is 29.9 Å². The summed E-state index contributed by atoms with van der Waals surface area (Å²) in [5, 5.41) is 38.5. The van der Waals surface area contributed by atoms with Crippen LogP contribution in [-0.2, 0) is 25.8 Å². The van der Waals surface area contributed by atoms with E-state index in [-0.39, 0.29) is 11.5 Å². The number of aliphatic hydroxyl groups excluding tert-OH is 4. The number of ether oxygens (including phenoxy) is 1. The van der Waals surface area contributed by atoms with Gasteiger partial charge in [-0.25, -0.2) is 0 Å². The maximum Gasteiger partial charge on any atom is 0.379 e. The molecule has 10 nitrogen and oxygen atoms in total. The van der Waals surface area contributed by atoms with Crippen LogP contribution in [-0.4, -0.2) is 91.1 Å². The minimum atomic E-state index is -4.68. The normalized spacial score (nSPS) is 32.6. The average Bonchev–Trinajstić information content (AvgIpc) is 2.50. The highest BCUT2D eigenvalue weighted by Crippen LogP contribution is 2.30. The number of unbranched alkanes of at least 4 members (excludes halogenated alkanes) is 1. The van der Waals surface area contributed by atoms with Gasteiger partial charge in [0.25, 0.3) is 0 Å². The maximum absolute atomic E-state index is 11.0. The summed E-state index contributed by atoms with van der Waals surface area (Å²) < 4.78 is 50.4. The third-order valence-corrected chi connectivity index (χ3v) is 6.01. The molecule has 0 aliphatic carbocycles. The van der Waals surface area contributed by atoms with Crippen molar-refractivity contribution in [2.45, 2.75) is 49.1 Å². The first-order valence-electron chi connectivity index (χ1n) is 7.38. The topological polar surface area (TPSA) is 174 Å². The summed E-state index contributed by atoms with van der Waals surface area (Å²) in [7, 11) is -5.67. The van der Waals surface area contributed by atoms with E-state index in [1.54, 1.807) is 0 Å². The molecular formula is C12H23NO9S3. The lowest BCUT2D eigenvalue weighted by Crippen LogP contribution is -2.57. The molecule has 1 fully saturated rings. The first kappa shape index (κ1) is 22.9. The minimum absolute atomic E-state index is 0.0753. The Bertz CT molecular complexity index is 580. The van der Waals surface area contributed by atoms with E-state index in [0.717, 1.165) is 0 Å². The van der Waals surface area contributed by atoms with Crippen molar-refractivity contribution >= 4 is 37.9 Å². The summed E-state index contributed by atoms with van der Waals surface area (Å²) >= 11 is 0.665. The molecule has 1 aliphatic rings. The zero-order valence-electron chi connectivity index (χ0n) is 13.5. The highest BCUT2D eigenvalue weighted by molar-refractivity contribution is 8.14. The molecule has 1 rings (SSSR count). The lowest BCUT2D eigenvalue weighted by atomic mass is 10.0. The van der Waals surface area contributed by atoms with E-state index < -0.39 is 57.6 Å². The van der Waals surface area contributed by atoms with Crippen molar-refractivity contribution in [3.63, 3.8) is 0 Å². The van der Waals surface area contributed by atoms with E-state index in [4.69, 9.17) is 14.4 Å². The van der Waals surface area contributed by atoms with Gasteiger partial charge in [-0.05, 0) is 19.3 Å². The van der Waals surface area contributed by atoms with Gasteiger partial charge in [-0.3, -0.25) is 8.76 Å². The number of nitrogens with zero attached hydrogens (tertiary/aromatic N) is 1. The van der Waals surface area contributed by atoms with Gasteiger partial charge in [0, 0.05) is 22.8 Å². The Kier molecular flexibility index (Phi) is 9.42. The van der Waals surface area contributed by atoms with E-state index in [2.05, 4.69) is 4.40 Å². The van der Waals surface area contributed by atoms with E-state index in [1.807, 2.05) is 0 Å². The summed E-state index contributed by atoms with van der Waals surface area (Å²) in [6.45, 7) is -0.616. The van der Waals surface area contributed by atoms with Crippen LogP contribution >= 0.6 is 11.8 Å². The molecule has 0 spiro atoms. The van der Waals surface area contributed by atoms with Crippen molar-refractivity contribution in [3.05, 3.63) is 0 Å². The lowest BCUT2D eigenvalue weighted by molar-refractivity contribution is -0.205. The molecule has 25 heavy (non-hydrogen) atoms. The molecule has 0 aromatic carbocycles. The number of hydrogen-bond acceptors (Lipinski definition) is 9. The van der Waals surface area contributed by atoms with E-state index in [0.29, 0.717) is 30.4 Å². The Morgan fingerprint density at radius 2 is 1.84 bits per heavy atom. The Morgan fingerprint density at radius 3 is 2.36 bits per heavy atom. The second-order valence-electron chi connectivity index (χ2n) is 5.48. The molecule has 5 N–H and O–H groups in total. The zero-order chi connectivity index (χ0) is 19.2. The highest BCUT2D eigenvalue weighted by atomic mass is 32.2. The summed E-state index contributed by atoms with van der Waals surface area (Å²) in [6.07, 6.45) is -3.22. The Hall–Kier alpha value is -0.120. The van der Waals surface area contributed by atoms with Crippen molar-refractivity contribution < 1.29 is 42.3 Å². The van der Waals surface area contributed by atoms with Crippen LogP contribution in [0.25, 0.3) is 0 Å². The van der Waals surface area contributed by atoms with Gasteiger partial charge in [-0.2, -0.15) is 8.42 Å². The molecule has 1 heterocycles. The number of thioether (sulfide) groups is 1. The predicted molar refractivity (Wildman–Crippen MR) is 93.1 cm³/mol. The third kappa shape index (κ3) is 7.97. The van der Waals surface area contributed by atoms with E-state index in [9.17, 15) is 27.9 Å². The quantitative estimate of drug-likeness (QED) is 0.131. The second kappa shape index (κ2) is 10.3. The van der Waals surface area contributed by atoms with Gasteiger partial charge >= 0.3 is 10.3 Å². The van der Waals surface area contributed by atoms with Crippen LogP contribution < -0.4 is 0 Å². The fraction of sp³-hybridized carbons (Fsp3) is 0.917. The van der Waals surface area contributed by atoms with Gasteiger partial charge in [0.2, 0.25) is 0 Å². The van der Waals surface area contributed by atoms with Crippen LogP contribution in [0.5, 0.6) is 0 Å². The number of rotatable bonds is 8. The molecular weight excluding hydrogens is 398 g/mol. The van der Waals surface area contributed by atoms with Crippen LogP contribution in [0.1, 0.15) is 19.3 Å². The summed E-state index contributed by atoms with van der Waals surface area (Å²) in [4.78, 5) is 0. The summed E-state index contributed by atoms with van der Waals surface area (Å²) in [5.74, 6) is 0.421. The Balaban J connectivity index is 2.82. The SMILES string of the molecule is CS(=O)CCCCC(=NS(=O)(=O)O)SC1OC(CO)C(O)C(O)C1O. The van der Waals surface area contributed by atoms with Crippen molar-refractivity contribution in [2.75, 3.05) is 18.6 Å². The molecule has 0 amide bonds. The van der Waals surface area contributed by atoms with E-state index in [1.165, 1.54) is 6.26 Å². The fourth-order valence-electron chi connectivity index (χ4n) is 2.14. The van der Waals surface area contributed by atoms with Crippen molar-refractivity contribution in [1.29, 1.82) is 0 Å². The van der Waals surface area contributed by atoms with Gasteiger partial charge in [0.15, 0.2) is 0 Å². The minimum Gasteiger partial charge on any atom is -0.394 e. The molecule has 6 unspecified atom stereocenters. The van der Waals surface area contributed by atoms with E-state index >= 15 is 0 Å². The summed E-state index contributed by atoms with van der Waals surface area (Å²) in [6, 6.07) is 0. The molecule has 0 bridgehead atoms. The molecule has 13 heteroatoms. The first-order valence-corrected chi connectivity index (χ1v) is 11.4. The van der Waals surface area contributed by atoms with Gasteiger partial charge in [-0.15, -0.1) is 4.40 Å². The maximum atomic E-state index is 11.0. The summed E-state index contributed by atoms with van der Waals surface area (Å²) in [5.41, 5.74) is -1.20. The molecule has 0 radical (unpaired) electrons. The molecule has 6 atom stereocenters. The molecule has 0 aromatic rings. The molecule has 1 aliphatic heterocycles.